The quantitative estimate of drug-likeness (QED) is 0.746. The van der Waals surface area contributed by atoms with Gasteiger partial charge >= 0.3 is 0 Å². The molecule has 0 saturated carbocycles. The van der Waals surface area contributed by atoms with Gasteiger partial charge in [0.25, 0.3) is 0 Å². The molecule has 0 aliphatic rings. The van der Waals surface area contributed by atoms with E-state index < -0.39 is 0 Å². The van der Waals surface area contributed by atoms with Crippen LogP contribution in [0, 0.1) is 0 Å². The third-order valence-electron chi connectivity index (χ3n) is 2.95. The second-order valence-corrected chi connectivity index (χ2v) is 5.19. The molecule has 0 saturated heterocycles. The number of hydrogen-bond acceptors (Lipinski definition) is 4. The molecule has 0 amide bonds. The first kappa shape index (κ1) is 12.9. The maximum absolute atomic E-state index is 5.81. The Labute approximate surface area is 124 Å². The molecule has 3 aromatic rings. The molecule has 2 aromatic carbocycles. The summed E-state index contributed by atoms with van der Waals surface area (Å²) in [5, 5.41) is 0.819. The Hall–Kier alpha value is -2.14. The summed E-state index contributed by atoms with van der Waals surface area (Å²) < 4.78 is 6.82. The Kier molecular flexibility index (Phi) is 3.52. The normalized spacial score (nSPS) is 10.7. The Morgan fingerprint density at radius 1 is 1.10 bits per heavy atom. The summed E-state index contributed by atoms with van der Waals surface area (Å²) in [6, 6.07) is 13.4. The SMILES string of the molecule is Nc1ccc2ncnc(OCc3ccccc3Br)c2c1. The summed E-state index contributed by atoms with van der Waals surface area (Å²) in [5.41, 5.74) is 8.34. The second kappa shape index (κ2) is 5.46. The second-order valence-electron chi connectivity index (χ2n) is 4.34. The van der Waals surface area contributed by atoms with Crippen molar-refractivity contribution in [1.29, 1.82) is 0 Å². The van der Waals surface area contributed by atoms with E-state index in [1.807, 2.05) is 42.5 Å². The van der Waals surface area contributed by atoms with Gasteiger partial charge in [0, 0.05) is 15.7 Å². The fourth-order valence-corrected chi connectivity index (χ4v) is 2.33. The van der Waals surface area contributed by atoms with E-state index in [1.54, 1.807) is 0 Å². The van der Waals surface area contributed by atoms with Gasteiger partial charge in [-0.15, -0.1) is 0 Å². The van der Waals surface area contributed by atoms with E-state index >= 15 is 0 Å². The lowest BCUT2D eigenvalue weighted by Crippen LogP contribution is -1.99. The van der Waals surface area contributed by atoms with E-state index in [0.29, 0.717) is 18.2 Å². The third kappa shape index (κ3) is 2.58. The van der Waals surface area contributed by atoms with E-state index in [9.17, 15) is 0 Å². The van der Waals surface area contributed by atoms with Gasteiger partial charge in [0.15, 0.2) is 0 Å². The minimum absolute atomic E-state index is 0.433. The zero-order chi connectivity index (χ0) is 13.9. The van der Waals surface area contributed by atoms with Crippen LogP contribution in [0.2, 0.25) is 0 Å². The lowest BCUT2D eigenvalue weighted by Gasteiger charge is -2.09. The molecule has 1 aromatic heterocycles. The van der Waals surface area contributed by atoms with Crippen LogP contribution < -0.4 is 10.5 Å². The number of aromatic nitrogens is 2. The Morgan fingerprint density at radius 2 is 1.95 bits per heavy atom. The summed E-state index contributed by atoms with van der Waals surface area (Å²) in [6.07, 6.45) is 1.49. The predicted octanol–water partition coefficient (Wildman–Crippen LogP) is 3.55. The number of rotatable bonds is 3. The van der Waals surface area contributed by atoms with Crippen LogP contribution in [0.4, 0.5) is 5.69 Å². The first-order valence-electron chi connectivity index (χ1n) is 6.10. The van der Waals surface area contributed by atoms with Crippen LogP contribution >= 0.6 is 15.9 Å². The molecule has 0 unspecified atom stereocenters. The van der Waals surface area contributed by atoms with Crippen molar-refractivity contribution in [2.45, 2.75) is 6.61 Å². The largest absolute Gasteiger partial charge is 0.472 e. The van der Waals surface area contributed by atoms with E-state index in [2.05, 4.69) is 25.9 Å². The highest BCUT2D eigenvalue weighted by Gasteiger charge is 2.06. The highest BCUT2D eigenvalue weighted by Crippen LogP contribution is 2.25. The first-order valence-corrected chi connectivity index (χ1v) is 6.90. The van der Waals surface area contributed by atoms with E-state index in [-0.39, 0.29) is 0 Å². The minimum atomic E-state index is 0.433. The van der Waals surface area contributed by atoms with E-state index in [1.165, 1.54) is 6.33 Å². The van der Waals surface area contributed by atoms with Gasteiger partial charge in [-0.1, -0.05) is 34.1 Å². The smallest absolute Gasteiger partial charge is 0.224 e. The molecular weight excluding hydrogens is 318 g/mol. The zero-order valence-electron chi connectivity index (χ0n) is 10.6. The molecule has 1 heterocycles. The van der Waals surface area contributed by atoms with Gasteiger partial charge < -0.3 is 10.5 Å². The zero-order valence-corrected chi connectivity index (χ0v) is 12.2. The minimum Gasteiger partial charge on any atom is -0.472 e. The summed E-state index contributed by atoms with van der Waals surface area (Å²) in [5.74, 6) is 0.540. The van der Waals surface area contributed by atoms with Crippen molar-refractivity contribution in [3.63, 3.8) is 0 Å². The molecule has 5 heteroatoms. The number of hydrogen-bond donors (Lipinski definition) is 1. The molecule has 20 heavy (non-hydrogen) atoms. The van der Waals surface area contributed by atoms with Gasteiger partial charge in [-0.3, -0.25) is 0 Å². The van der Waals surface area contributed by atoms with Gasteiger partial charge in [-0.05, 0) is 24.3 Å². The Bertz CT molecular complexity index is 761. The average Bonchev–Trinajstić information content (AvgIpc) is 2.46. The maximum Gasteiger partial charge on any atom is 0.224 e. The highest BCUT2D eigenvalue weighted by atomic mass is 79.9. The Morgan fingerprint density at radius 3 is 2.80 bits per heavy atom. The number of fused-ring (bicyclic) bond motifs is 1. The topological polar surface area (TPSA) is 61.0 Å². The maximum atomic E-state index is 5.81. The molecule has 0 aliphatic heterocycles. The average molecular weight is 330 g/mol. The van der Waals surface area contributed by atoms with Crippen molar-refractivity contribution < 1.29 is 4.74 Å². The number of anilines is 1. The fraction of sp³-hybridized carbons (Fsp3) is 0.0667. The van der Waals surface area contributed by atoms with Gasteiger partial charge in [0.05, 0.1) is 10.9 Å². The number of ether oxygens (including phenoxy) is 1. The number of halogens is 1. The Balaban J connectivity index is 1.91. The summed E-state index contributed by atoms with van der Waals surface area (Å²) in [7, 11) is 0. The van der Waals surface area contributed by atoms with Crippen molar-refractivity contribution in [3.8, 4) is 5.88 Å². The third-order valence-corrected chi connectivity index (χ3v) is 3.72. The van der Waals surface area contributed by atoms with Gasteiger partial charge in [0.1, 0.15) is 12.9 Å². The molecule has 0 spiro atoms. The molecule has 3 rings (SSSR count). The van der Waals surface area contributed by atoms with Crippen LogP contribution in [0.1, 0.15) is 5.56 Å². The van der Waals surface area contributed by atoms with Crippen molar-refractivity contribution >= 4 is 32.5 Å². The van der Waals surface area contributed by atoms with Crippen molar-refractivity contribution in [2.24, 2.45) is 0 Å². The molecule has 100 valence electrons. The molecule has 0 aliphatic carbocycles. The monoisotopic (exact) mass is 329 g/mol. The lowest BCUT2D eigenvalue weighted by atomic mass is 10.2. The number of nitrogens with zero attached hydrogens (tertiary/aromatic N) is 2. The van der Waals surface area contributed by atoms with Crippen LogP contribution in [0.3, 0.4) is 0 Å². The standard InChI is InChI=1S/C15H12BrN3O/c16-13-4-2-1-3-10(13)8-20-15-12-7-11(17)5-6-14(12)18-9-19-15/h1-7,9H,8,17H2. The molecule has 2 N–H and O–H groups in total. The van der Waals surface area contributed by atoms with Crippen LogP contribution in [-0.2, 0) is 6.61 Å². The number of nitrogens with two attached hydrogens (primary N) is 1. The van der Waals surface area contributed by atoms with E-state index in [4.69, 9.17) is 10.5 Å². The van der Waals surface area contributed by atoms with Crippen LogP contribution in [0.5, 0.6) is 5.88 Å². The first-order chi connectivity index (χ1) is 9.74. The lowest BCUT2D eigenvalue weighted by molar-refractivity contribution is 0.297. The molecule has 0 atom stereocenters. The van der Waals surface area contributed by atoms with E-state index in [0.717, 1.165) is 20.9 Å². The molecule has 4 nitrogen and oxygen atoms in total. The van der Waals surface area contributed by atoms with Gasteiger partial charge in [-0.2, -0.15) is 0 Å². The highest BCUT2D eigenvalue weighted by molar-refractivity contribution is 9.10. The van der Waals surface area contributed by atoms with Crippen molar-refractivity contribution in [2.75, 3.05) is 5.73 Å². The molecule has 0 radical (unpaired) electrons. The molecule has 0 fully saturated rings. The number of nitrogen functional groups attached to an aromatic ring is 1. The van der Waals surface area contributed by atoms with Crippen LogP contribution in [-0.4, -0.2) is 9.97 Å². The van der Waals surface area contributed by atoms with Gasteiger partial charge in [0.2, 0.25) is 5.88 Å². The van der Waals surface area contributed by atoms with Crippen LogP contribution in [0.15, 0.2) is 53.3 Å². The molecule has 0 bridgehead atoms. The van der Waals surface area contributed by atoms with Crippen molar-refractivity contribution in [3.05, 3.63) is 58.8 Å². The predicted molar refractivity (Wildman–Crippen MR) is 82.4 cm³/mol. The summed E-state index contributed by atoms with van der Waals surface area (Å²) in [4.78, 5) is 8.39. The van der Waals surface area contributed by atoms with Crippen LogP contribution in [0.25, 0.3) is 10.9 Å². The summed E-state index contributed by atoms with van der Waals surface area (Å²) >= 11 is 3.50. The fourth-order valence-electron chi connectivity index (χ4n) is 1.93. The number of benzene rings is 2. The summed E-state index contributed by atoms with van der Waals surface area (Å²) in [6.45, 7) is 0.433. The van der Waals surface area contributed by atoms with Gasteiger partial charge in [-0.25, -0.2) is 9.97 Å². The van der Waals surface area contributed by atoms with Crippen molar-refractivity contribution in [1.82, 2.24) is 9.97 Å². The molecular formula is C15H12BrN3O.